The van der Waals surface area contributed by atoms with Gasteiger partial charge in [0, 0.05) is 11.1 Å². The number of methoxy groups -OCH3 is 1. The molecule has 0 fully saturated rings. The zero-order valence-electron chi connectivity index (χ0n) is 14.5. The lowest BCUT2D eigenvalue weighted by Gasteiger charge is -2.13. The first-order valence-electron chi connectivity index (χ1n) is 7.74. The first-order chi connectivity index (χ1) is 11.4. The van der Waals surface area contributed by atoms with Crippen molar-refractivity contribution in [1.29, 1.82) is 0 Å². The molecule has 3 rings (SSSR count). The number of aromatic nitrogens is 1. The summed E-state index contributed by atoms with van der Waals surface area (Å²) < 4.78 is 10.9. The van der Waals surface area contributed by atoms with Crippen LogP contribution in [0.5, 0.6) is 5.75 Å². The quantitative estimate of drug-likeness (QED) is 0.779. The van der Waals surface area contributed by atoms with Gasteiger partial charge in [0.25, 0.3) is 5.91 Å². The standard InChI is InChI=1S/C19H20N2O3/c1-10-11(2)13(4)20-18(12(10)3)21-19(22)16-9-14-7-6-8-15(23-5)17(14)24-16/h6-9H,1-5H3,(H,20,21,22). The molecular formula is C19H20N2O3. The molecule has 3 aromatic rings. The van der Waals surface area contributed by atoms with Crippen LogP contribution in [0.4, 0.5) is 5.82 Å². The van der Waals surface area contributed by atoms with Crippen LogP contribution in [0.15, 0.2) is 28.7 Å². The first-order valence-corrected chi connectivity index (χ1v) is 7.74. The van der Waals surface area contributed by atoms with Crippen molar-refractivity contribution in [3.8, 4) is 5.75 Å². The third kappa shape index (κ3) is 2.62. The van der Waals surface area contributed by atoms with E-state index in [9.17, 15) is 4.79 Å². The number of nitrogens with zero attached hydrogens (tertiary/aromatic N) is 1. The first kappa shape index (κ1) is 16.1. The molecule has 1 amide bonds. The van der Waals surface area contributed by atoms with E-state index in [4.69, 9.17) is 9.15 Å². The van der Waals surface area contributed by atoms with Crippen LogP contribution in [-0.4, -0.2) is 18.0 Å². The summed E-state index contributed by atoms with van der Waals surface area (Å²) in [7, 11) is 1.57. The van der Waals surface area contributed by atoms with E-state index in [0.29, 0.717) is 17.2 Å². The summed E-state index contributed by atoms with van der Waals surface area (Å²) in [4.78, 5) is 17.0. The van der Waals surface area contributed by atoms with Gasteiger partial charge in [0.05, 0.1) is 7.11 Å². The Labute approximate surface area is 140 Å². The lowest BCUT2D eigenvalue weighted by molar-refractivity contribution is 0.0998. The smallest absolute Gasteiger partial charge is 0.292 e. The van der Waals surface area contributed by atoms with Crippen LogP contribution in [0.25, 0.3) is 11.0 Å². The molecule has 0 aliphatic carbocycles. The topological polar surface area (TPSA) is 64.4 Å². The van der Waals surface area contributed by atoms with Crippen molar-refractivity contribution in [2.45, 2.75) is 27.7 Å². The van der Waals surface area contributed by atoms with Gasteiger partial charge in [0.2, 0.25) is 0 Å². The lowest BCUT2D eigenvalue weighted by atomic mass is 10.0. The molecule has 0 radical (unpaired) electrons. The zero-order valence-corrected chi connectivity index (χ0v) is 14.5. The van der Waals surface area contributed by atoms with Crippen LogP contribution >= 0.6 is 0 Å². The number of benzene rings is 1. The summed E-state index contributed by atoms with van der Waals surface area (Å²) in [5.74, 6) is 1.06. The number of para-hydroxylation sites is 1. The van der Waals surface area contributed by atoms with E-state index < -0.39 is 0 Å². The number of hydrogen-bond acceptors (Lipinski definition) is 4. The number of carbonyl (C=O) groups excluding carboxylic acids is 1. The number of pyridine rings is 1. The fraction of sp³-hybridized carbons (Fsp3) is 0.263. The Morgan fingerprint density at radius 2 is 1.88 bits per heavy atom. The molecule has 0 unspecified atom stereocenters. The van der Waals surface area contributed by atoms with Gasteiger partial charge in [0.1, 0.15) is 5.82 Å². The van der Waals surface area contributed by atoms with Gasteiger partial charge in [-0.2, -0.15) is 0 Å². The third-order valence-electron chi connectivity index (χ3n) is 4.49. The SMILES string of the molecule is COc1cccc2cc(C(=O)Nc3nc(C)c(C)c(C)c3C)oc12. The molecule has 0 bridgehead atoms. The largest absolute Gasteiger partial charge is 0.493 e. The van der Waals surface area contributed by atoms with E-state index in [2.05, 4.69) is 10.3 Å². The lowest BCUT2D eigenvalue weighted by Crippen LogP contribution is -2.14. The van der Waals surface area contributed by atoms with E-state index >= 15 is 0 Å². The minimum Gasteiger partial charge on any atom is -0.493 e. The summed E-state index contributed by atoms with van der Waals surface area (Å²) in [5, 5.41) is 3.67. The fourth-order valence-electron chi connectivity index (χ4n) is 2.67. The normalized spacial score (nSPS) is 10.9. The van der Waals surface area contributed by atoms with Gasteiger partial charge >= 0.3 is 0 Å². The van der Waals surface area contributed by atoms with Crippen molar-refractivity contribution >= 4 is 22.7 Å². The van der Waals surface area contributed by atoms with E-state index in [0.717, 1.165) is 27.8 Å². The van der Waals surface area contributed by atoms with E-state index in [1.807, 2.05) is 39.8 Å². The second kappa shape index (κ2) is 6.00. The summed E-state index contributed by atoms with van der Waals surface area (Å²) in [6.45, 7) is 7.94. The van der Waals surface area contributed by atoms with Crippen LogP contribution in [0.1, 0.15) is 32.9 Å². The Hall–Kier alpha value is -2.82. The van der Waals surface area contributed by atoms with Gasteiger partial charge in [-0.05, 0) is 56.5 Å². The Morgan fingerprint density at radius 3 is 2.58 bits per heavy atom. The number of rotatable bonds is 3. The molecule has 0 saturated carbocycles. The molecule has 5 heteroatoms. The second-order valence-corrected chi connectivity index (χ2v) is 5.86. The Balaban J connectivity index is 1.96. The molecule has 0 aliphatic heterocycles. The minimum absolute atomic E-state index is 0.228. The highest BCUT2D eigenvalue weighted by Crippen LogP contribution is 2.29. The summed E-state index contributed by atoms with van der Waals surface area (Å²) >= 11 is 0. The van der Waals surface area contributed by atoms with Crippen molar-refractivity contribution in [3.05, 3.63) is 52.4 Å². The zero-order chi connectivity index (χ0) is 17.4. The van der Waals surface area contributed by atoms with Crippen LogP contribution in [0.3, 0.4) is 0 Å². The number of fused-ring (bicyclic) bond motifs is 1. The van der Waals surface area contributed by atoms with Gasteiger partial charge in [-0.15, -0.1) is 0 Å². The Morgan fingerprint density at radius 1 is 1.12 bits per heavy atom. The van der Waals surface area contributed by atoms with Gasteiger partial charge in [0.15, 0.2) is 17.1 Å². The number of aryl methyl sites for hydroxylation is 1. The molecule has 1 aromatic carbocycles. The number of ether oxygens (including phenoxy) is 1. The van der Waals surface area contributed by atoms with Gasteiger partial charge in [-0.3, -0.25) is 4.79 Å². The van der Waals surface area contributed by atoms with Crippen molar-refractivity contribution < 1.29 is 13.9 Å². The monoisotopic (exact) mass is 324 g/mol. The number of furan rings is 1. The molecule has 0 atom stereocenters. The van der Waals surface area contributed by atoms with Gasteiger partial charge in [-0.1, -0.05) is 12.1 Å². The Kier molecular flexibility index (Phi) is 4.01. The van der Waals surface area contributed by atoms with Crippen LogP contribution in [0, 0.1) is 27.7 Å². The molecule has 24 heavy (non-hydrogen) atoms. The maximum absolute atomic E-state index is 12.6. The van der Waals surface area contributed by atoms with E-state index in [1.165, 1.54) is 0 Å². The molecule has 0 saturated heterocycles. The predicted molar refractivity (Wildman–Crippen MR) is 93.9 cm³/mol. The van der Waals surface area contributed by atoms with E-state index in [-0.39, 0.29) is 11.7 Å². The highest BCUT2D eigenvalue weighted by atomic mass is 16.5. The highest BCUT2D eigenvalue weighted by Gasteiger charge is 2.17. The fourth-order valence-corrected chi connectivity index (χ4v) is 2.67. The summed E-state index contributed by atoms with van der Waals surface area (Å²) in [6.07, 6.45) is 0. The molecular weight excluding hydrogens is 304 g/mol. The maximum atomic E-state index is 12.6. The van der Waals surface area contributed by atoms with Crippen LogP contribution < -0.4 is 10.1 Å². The molecule has 0 aliphatic rings. The van der Waals surface area contributed by atoms with Crippen molar-refractivity contribution in [3.63, 3.8) is 0 Å². The van der Waals surface area contributed by atoms with Gasteiger partial charge < -0.3 is 14.5 Å². The van der Waals surface area contributed by atoms with Crippen molar-refractivity contribution in [1.82, 2.24) is 4.98 Å². The number of anilines is 1. The molecule has 2 aromatic heterocycles. The number of nitrogens with one attached hydrogen (secondary N) is 1. The highest BCUT2D eigenvalue weighted by molar-refractivity contribution is 6.05. The van der Waals surface area contributed by atoms with Crippen molar-refractivity contribution in [2.75, 3.05) is 12.4 Å². The van der Waals surface area contributed by atoms with Crippen LogP contribution in [-0.2, 0) is 0 Å². The molecule has 0 spiro atoms. The average Bonchev–Trinajstić information content (AvgIpc) is 3.02. The van der Waals surface area contributed by atoms with E-state index in [1.54, 1.807) is 19.2 Å². The minimum atomic E-state index is -0.327. The Bertz CT molecular complexity index is 941. The third-order valence-corrected chi connectivity index (χ3v) is 4.49. The van der Waals surface area contributed by atoms with Gasteiger partial charge in [-0.25, -0.2) is 4.98 Å². The second-order valence-electron chi connectivity index (χ2n) is 5.86. The van der Waals surface area contributed by atoms with Crippen LogP contribution in [0.2, 0.25) is 0 Å². The molecule has 2 heterocycles. The molecule has 1 N–H and O–H groups in total. The average molecular weight is 324 g/mol. The number of amides is 1. The van der Waals surface area contributed by atoms with Crippen molar-refractivity contribution in [2.24, 2.45) is 0 Å². The summed E-state index contributed by atoms with van der Waals surface area (Å²) in [5.41, 5.74) is 4.69. The summed E-state index contributed by atoms with van der Waals surface area (Å²) in [6, 6.07) is 7.24. The number of hydrogen-bond donors (Lipinski definition) is 1. The molecule has 5 nitrogen and oxygen atoms in total. The predicted octanol–water partition coefficient (Wildman–Crippen LogP) is 4.32. The maximum Gasteiger partial charge on any atom is 0.292 e. The number of carbonyl (C=O) groups is 1. The molecule has 124 valence electrons.